The second kappa shape index (κ2) is 5.85. The zero-order valence-corrected chi connectivity index (χ0v) is 12.8. The molecule has 0 spiro atoms. The van der Waals surface area contributed by atoms with Crippen molar-refractivity contribution in [1.82, 2.24) is 0 Å². The summed E-state index contributed by atoms with van der Waals surface area (Å²) in [4.78, 5) is 0.257. The predicted molar refractivity (Wildman–Crippen MR) is 81.2 cm³/mol. The number of hydrogen-bond acceptors (Lipinski definition) is 3. The molecule has 106 valence electrons. The molecule has 0 fully saturated rings. The number of halogens is 1. The first-order chi connectivity index (χ1) is 9.49. The second-order valence-electron chi connectivity index (χ2n) is 4.25. The molecular formula is C15H15ClO3S. The summed E-state index contributed by atoms with van der Waals surface area (Å²) in [5.41, 5.74) is 1.58. The molecular weight excluding hydrogens is 296 g/mol. The molecule has 0 radical (unpaired) electrons. The SMILES string of the molecule is CCS(=O)(=O)c1ccc(-c2ccccc2Cl)c(OC)c1. The summed E-state index contributed by atoms with van der Waals surface area (Å²) in [5, 5.41) is 0.594. The zero-order chi connectivity index (χ0) is 14.8. The van der Waals surface area contributed by atoms with E-state index >= 15 is 0 Å². The Bertz CT molecular complexity index is 724. The van der Waals surface area contributed by atoms with Crippen LogP contribution >= 0.6 is 11.6 Å². The first kappa shape index (κ1) is 14.9. The fourth-order valence-corrected chi connectivity index (χ4v) is 3.07. The summed E-state index contributed by atoms with van der Waals surface area (Å²) in [7, 11) is -1.74. The van der Waals surface area contributed by atoms with Gasteiger partial charge < -0.3 is 4.74 Å². The van der Waals surface area contributed by atoms with Gasteiger partial charge in [-0.2, -0.15) is 0 Å². The summed E-state index contributed by atoms with van der Waals surface area (Å²) >= 11 is 6.17. The van der Waals surface area contributed by atoms with Crippen LogP contribution in [0.25, 0.3) is 11.1 Å². The molecule has 2 rings (SSSR count). The standard InChI is InChI=1S/C15H15ClO3S/c1-3-20(17,18)11-8-9-13(15(10-11)19-2)12-6-4-5-7-14(12)16/h4-10H,3H2,1-2H3. The number of rotatable bonds is 4. The van der Waals surface area contributed by atoms with Crippen molar-refractivity contribution in [2.24, 2.45) is 0 Å². The molecule has 0 N–H and O–H groups in total. The van der Waals surface area contributed by atoms with Gasteiger partial charge in [0.2, 0.25) is 0 Å². The van der Waals surface area contributed by atoms with Gasteiger partial charge in [0, 0.05) is 16.1 Å². The van der Waals surface area contributed by atoms with Crippen LogP contribution in [-0.2, 0) is 9.84 Å². The fourth-order valence-electron chi connectivity index (χ4n) is 1.93. The molecule has 0 aliphatic heterocycles. The van der Waals surface area contributed by atoms with Crippen molar-refractivity contribution in [3.05, 3.63) is 47.5 Å². The van der Waals surface area contributed by atoms with Crippen molar-refractivity contribution in [2.75, 3.05) is 12.9 Å². The Balaban J connectivity index is 2.61. The average molecular weight is 311 g/mol. The maximum Gasteiger partial charge on any atom is 0.178 e. The lowest BCUT2D eigenvalue weighted by Gasteiger charge is -2.12. The minimum atomic E-state index is -3.25. The summed E-state index contributed by atoms with van der Waals surface area (Å²) in [6, 6.07) is 12.2. The molecule has 3 nitrogen and oxygen atoms in total. The van der Waals surface area contributed by atoms with Crippen LogP contribution in [0.15, 0.2) is 47.4 Å². The smallest absolute Gasteiger partial charge is 0.178 e. The van der Waals surface area contributed by atoms with E-state index in [1.165, 1.54) is 13.2 Å². The zero-order valence-electron chi connectivity index (χ0n) is 11.3. The van der Waals surface area contributed by atoms with E-state index in [2.05, 4.69) is 0 Å². The monoisotopic (exact) mass is 310 g/mol. The molecule has 0 heterocycles. The van der Waals surface area contributed by atoms with E-state index < -0.39 is 9.84 Å². The van der Waals surface area contributed by atoms with Crippen molar-refractivity contribution >= 4 is 21.4 Å². The minimum Gasteiger partial charge on any atom is -0.496 e. The van der Waals surface area contributed by atoms with E-state index in [1.807, 2.05) is 18.2 Å². The van der Waals surface area contributed by atoms with Crippen LogP contribution in [0.5, 0.6) is 5.75 Å². The Morgan fingerprint density at radius 1 is 1.10 bits per heavy atom. The Hall–Kier alpha value is -1.52. The van der Waals surface area contributed by atoms with Crippen LogP contribution in [0, 0.1) is 0 Å². The number of ether oxygens (including phenoxy) is 1. The third kappa shape index (κ3) is 2.81. The van der Waals surface area contributed by atoms with Gasteiger partial charge in [-0.1, -0.05) is 36.7 Å². The molecule has 0 aliphatic rings. The van der Waals surface area contributed by atoms with Crippen LogP contribution in [-0.4, -0.2) is 21.3 Å². The maximum atomic E-state index is 11.9. The van der Waals surface area contributed by atoms with Crippen LogP contribution < -0.4 is 4.74 Å². The highest BCUT2D eigenvalue weighted by molar-refractivity contribution is 7.91. The van der Waals surface area contributed by atoms with Gasteiger partial charge in [-0.3, -0.25) is 0 Å². The highest BCUT2D eigenvalue weighted by atomic mass is 35.5. The van der Waals surface area contributed by atoms with Crippen molar-refractivity contribution < 1.29 is 13.2 Å². The average Bonchev–Trinajstić information content (AvgIpc) is 2.47. The van der Waals surface area contributed by atoms with E-state index in [0.29, 0.717) is 10.8 Å². The number of sulfone groups is 1. The van der Waals surface area contributed by atoms with Crippen molar-refractivity contribution in [3.63, 3.8) is 0 Å². The summed E-state index contributed by atoms with van der Waals surface area (Å²) in [6.07, 6.45) is 0. The van der Waals surface area contributed by atoms with Crippen molar-refractivity contribution in [3.8, 4) is 16.9 Å². The van der Waals surface area contributed by atoms with Crippen LogP contribution in [0.4, 0.5) is 0 Å². The fraction of sp³-hybridized carbons (Fsp3) is 0.200. The van der Waals surface area contributed by atoms with Crippen molar-refractivity contribution in [1.29, 1.82) is 0 Å². The molecule has 0 bridgehead atoms. The lowest BCUT2D eigenvalue weighted by molar-refractivity contribution is 0.415. The van der Waals surface area contributed by atoms with E-state index in [1.54, 1.807) is 25.1 Å². The Morgan fingerprint density at radius 3 is 2.40 bits per heavy atom. The van der Waals surface area contributed by atoms with Gasteiger partial charge in [-0.05, 0) is 24.3 Å². The Kier molecular flexibility index (Phi) is 4.35. The van der Waals surface area contributed by atoms with Gasteiger partial charge in [-0.15, -0.1) is 0 Å². The Morgan fingerprint density at radius 2 is 1.80 bits per heavy atom. The normalized spacial score (nSPS) is 11.3. The molecule has 2 aromatic carbocycles. The lowest BCUT2D eigenvalue weighted by Crippen LogP contribution is -2.04. The first-order valence-electron chi connectivity index (χ1n) is 6.15. The number of benzene rings is 2. The molecule has 20 heavy (non-hydrogen) atoms. The quantitative estimate of drug-likeness (QED) is 0.862. The molecule has 0 atom stereocenters. The van der Waals surface area contributed by atoms with E-state index in [0.717, 1.165) is 11.1 Å². The van der Waals surface area contributed by atoms with Gasteiger partial charge in [0.15, 0.2) is 9.84 Å². The molecule has 0 amide bonds. The summed E-state index contributed by atoms with van der Waals surface area (Å²) in [5.74, 6) is 0.550. The third-order valence-electron chi connectivity index (χ3n) is 3.08. The first-order valence-corrected chi connectivity index (χ1v) is 8.18. The predicted octanol–water partition coefficient (Wildman–Crippen LogP) is 3.81. The molecule has 0 aromatic heterocycles. The second-order valence-corrected chi connectivity index (χ2v) is 6.93. The Labute approximate surface area is 124 Å². The molecule has 5 heteroatoms. The van der Waals surface area contributed by atoms with Gasteiger partial charge >= 0.3 is 0 Å². The topological polar surface area (TPSA) is 43.4 Å². The molecule has 0 unspecified atom stereocenters. The minimum absolute atomic E-state index is 0.0571. The lowest BCUT2D eigenvalue weighted by atomic mass is 10.0. The summed E-state index contributed by atoms with van der Waals surface area (Å²) < 4.78 is 29.1. The molecule has 0 saturated carbocycles. The van der Waals surface area contributed by atoms with Gasteiger partial charge in [0.25, 0.3) is 0 Å². The van der Waals surface area contributed by atoms with Gasteiger partial charge in [0.05, 0.1) is 17.8 Å². The molecule has 2 aromatic rings. The number of hydrogen-bond donors (Lipinski definition) is 0. The number of methoxy groups -OCH3 is 1. The van der Waals surface area contributed by atoms with E-state index in [9.17, 15) is 8.42 Å². The molecule has 0 aliphatic carbocycles. The van der Waals surface area contributed by atoms with Crippen LogP contribution in [0.1, 0.15) is 6.92 Å². The largest absolute Gasteiger partial charge is 0.496 e. The van der Waals surface area contributed by atoms with Crippen LogP contribution in [0.2, 0.25) is 5.02 Å². The van der Waals surface area contributed by atoms with E-state index in [-0.39, 0.29) is 10.6 Å². The maximum absolute atomic E-state index is 11.9. The third-order valence-corrected chi connectivity index (χ3v) is 5.14. The van der Waals surface area contributed by atoms with Gasteiger partial charge in [0.1, 0.15) is 5.75 Å². The highest BCUT2D eigenvalue weighted by Gasteiger charge is 2.16. The highest BCUT2D eigenvalue weighted by Crippen LogP contribution is 2.36. The summed E-state index contributed by atoms with van der Waals surface area (Å²) in [6.45, 7) is 1.61. The van der Waals surface area contributed by atoms with Gasteiger partial charge in [-0.25, -0.2) is 8.42 Å². The van der Waals surface area contributed by atoms with Crippen molar-refractivity contribution in [2.45, 2.75) is 11.8 Å². The van der Waals surface area contributed by atoms with Crippen LogP contribution in [0.3, 0.4) is 0 Å². The molecule has 0 saturated heterocycles. The van der Waals surface area contributed by atoms with E-state index in [4.69, 9.17) is 16.3 Å².